The predicted molar refractivity (Wildman–Crippen MR) is 73.1 cm³/mol. The van der Waals surface area contributed by atoms with E-state index in [2.05, 4.69) is 15.3 Å². The minimum absolute atomic E-state index is 0.0984. The van der Waals surface area contributed by atoms with Crippen molar-refractivity contribution in [2.75, 3.05) is 23.9 Å². The van der Waals surface area contributed by atoms with E-state index in [0.717, 1.165) is 0 Å². The minimum atomic E-state index is -2.97. The first-order valence-corrected chi connectivity index (χ1v) is 8.03. The summed E-state index contributed by atoms with van der Waals surface area (Å²) >= 11 is 5.91. The molecular formula is C11H16ClN3O3S. The molecule has 1 aromatic rings. The number of hydrogen-bond donors (Lipinski definition) is 1. The molecule has 0 aromatic carbocycles. The number of rotatable bonds is 4. The average molecular weight is 306 g/mol. The number of methoxy groups -OCH3 is 1. The second kappa shape index (κ2) is 5.22. The molecule has 1 aliphatic heterocycles. The smallest absolute Gasteiger partial charge is 0.158 e. The zero-order chi connectivity index (χ0) is 14.1. The maximum Gasteiger partial charge on any atom is 0.158 e. The Kier molecular flexibility index (Phi) is 3.98. The van der Waals surface area contributed by atoms with Crippen molar-refractivity contribution in [2.24, 2.45) is 0 Å². The van der Waals surface area contributed by atoms with Gasteiger partial charge in [-0.2, -0.15) is 0 Å². The Morgan fingerprint density at radius 1 is 1.53 bits per heavy atom. The van der Waals surface area contributed by atoms with Crippen molar-refractivity contribution in [3.63, 3.8) is 0 Å². The van der Waals surface area contributed by atoms with E-state index in [9.17, 15) is 8.42 Å². The highest BCUT2D eigenvalue weighted by molar-refractivity contribution is 7.91. The number of aromatic nitrogens is 2. The van der Waals surface area contributed by atoms with Gasteiger partial charge in [0.15, 0.2) is 15.7 Å². The van der Waals surface area contributed by atoms with Gasteiger partial charge in [0.1, 0.15) is 17.6 Å². The van der Waals surface area contributed by atoms with Crippen LogP contribution in [0.3, 0.4) is 0 Å². The second-order valence-corrected chi connectivity index (χ2v) is 7.52. The summed E-state index contributed by atoms with van der Waals surface area (Å²) in [5, 5.41) is 3.44. The number of ether oxygens (including phenoxy) is 1. The molecule has 0 saturated carbocycles. The van der Waals surface area contributed by atoms with Crippen molar-refractivity contribution in [3.8, 4) is 0 Å². The zero-order valence-electron chi connectivity index (χ0n) is 10.8. The molecule has 0 aliphatic carbocycles. The van der Waals surface area contributed by atoms with Gasteiger partial charge in [0, 0.05) is 13.2 Å². The Morgan fingerprint density at radius 3 is 2.84 bits per heavy atom. The lowest BCUT2D eigenvalue weighted by molar-refractivity contribution is 0.178. The van der Waals surface area contributed by atoms with Gasteiger partial charge in [0.2, 0.25) is 0 Å². The van der Waals surface area contributed by atoms with Crippen LogP contribution in [-0.2, 0) is 21.2 Å². The zero-order valence-corrected chi connectivity index (χ0v) is 12.4. The van der Waals surface area contributed by atoms with Crippen molar-refractivity contribution in [3.05, 3.63) is 17.0 Å². The van der Waals surface area contributed by atoms with Gasteiger partial charge in [-0.3, -0.25) is 0 Å². The van der Waals surface area contributed by atoms with Crippen LogP contribution in [0.2, 0.25) is 5.15 Å². The summed E-state index contributed by atoms with van der Waals surface area (Å²) in [7, 11) is -1.42. The Balaban J connectivity index is 2.19. The SMILES string of the molecule is COCc1nc(Cl)cc(NC2(C)CCS(=O)(=O)C2)n1. The summed E-state index contributed by atoms with van der Waals surface area (Å²) in [5.74, 6) is 1.27. The van der Waals surface area contributed by atoms with Gasteiger partial charge >= 0.3 is 0 Å². The van der Waals surface area contributed by atoms with Gasteiger partial charge in [-0.25, -0.2) is 18.4 Å². The molecular weight excluding hydrogens is 290 g/mol. The molecule has 8 heteroatoms. The van der Waals surface area contributed by atoms with E-state index in [1.54, 1.807) is 13.2 Å². The third-order valence-electron chi connectivity index (χ3n) is 2.95. The van der Waals surface area contributed by atoms with Gasteiger partial charge in [-0.05, 0) is 13.3 Å². The monoisotopic (exact) mass is 305 g/mol. The molecule has 0 spiro atoms. The first-order chi connectivity index (χ1) is 8.82. The van der Waals surface area contributed by atoms with Crippen LogP contribution >= 0.6 is 11.6 Å². The number of nitrogens with zero attached hydrogens (tertiary/aromatic N) is 2. The number of halogens is 1. The number of hydrogen-bond acceptors (Lipinski definition) is 6. The van der Waals surface area contributed by atoms with Crippen LogP contribution in [0, 0.1) is 0 Å². The van der Waals surface area contributed by atoms with E-state index >= 15 is 0 Å². The molecule has 1 N–H and O–H groups in total. The predicted octanol–water partition coefficient (Wildman–Crippen LogP) is 1.27. The fraction of sp³-hybridized carbons (Fsp3) is 0.636. The quantitative estimate of drug-likeness (QED) is 0.844. The summed E-state index contributed by atoms with van der Waals surface area (Å²) in [6, 6.07) is 1.58. The highest BCUT2D eigenvalue weighted by Gasteiger charge is 2.38. The largest absolute Gasteiger partial charge is 0.377 e. The molecule has 0 radical (unpaired) electrons. The molecule has 19 heavy (non-hydrogen) atoms. The molecule has 1 aliphatic rings. The van der Waals surface area contributed by atoms with E-state index in [-0.39, 0.29) is 18.1 Å². The summed E-state index contributed by atoms with van der Waals surface area (Å²) in [4.78, 5) is 8.27. The average Bonchev–Trinajstić information content (AvgIpc) is 2.52. The maximum atomic E-state index is 11.6. The molecule has 2 heterocycles. The van der Waals surface area contributed by atoms with E-state index in [1.165, 1.54) is 0 Å². The normalized spacial score (nSPS) is 25.4. The molecule has 0 amide bonds. The highest BCUT2D eigenvalue weighted by Crippen LogP contribution is 2.27. The lowest BCUT2D eigenvalue weighted by atomic mass is 10.0. The van der Waals surface area contributed by atoms with Gasteiger partial charge in [-0.1, -0.05) is 11.6 Å². The molecule has 1 saturated heterocycles. The van der Waals surface area contributed by atoms with Crippen LogP contribution in [0.1, 0.15) is 19.2 Å². The fourth-order valence-electron chi connectivity index (χ4n) is 2.14. The van der Waals surface area contributed by atoms with Gasteiger partial charge < -0.3 is 10.1 Å². The molecule has 2 rings (SSSR count). The van der Waals surface area contributed by atoms with Crippen LogP contribution in [0.4, 0.5) is 5.82 Å². The Bertz CT molecular complexity index is 579. The molecule has 1 atom stereocenters. The lowest BCUT2D eigenvalue weighted by Crippen LogP contribution is -2.36. The molecule has 1 aromatic heterocycles. The van der Waals surface area contributed by atoms with E-state index in [4.69, 9.17) is 16.3 Å². The molecule has 1 unspecified atom stereocenters. The Morgan fingerprint density at radius 2 is 2.26 bits per heavy atom. The number of nitrogens with one attached hydrogen (secondary N) is 1. The highest BCUT2D eigenvalue weighted by atomic mass is 35.5. The van der Waals surface area contributed by atoms with Crippen LogP contribution in [0.5, 0.6) is 0 Å². The topological polar surface area (TPSA) is 81.2 Å². The molecule has 106 valence electrons. The van der Waals surface area contributed by atoms with E-state index < -0.39 is 15.4 Å². The Labute approximate surface area is 117 Å². The molecule has 1 fully saturated rings. The van der Waals surface area contributed by atoms with Crippen molar-refractivity contribution < 1.29 is 13.2 Å². The van der Waals surface area contributed by atoms with Crippen molar-refractivity contribution in [1.82, 2.24) is 9.97 Å². The molecule has 0 bridgehead atoms. The van der Waals surface area contributed by atoms with Crippen LogP contribution in [0.15, 0.2) is 6.07 Å². The third kappa shape index (κ3) is 3.77. The minimum Gasteiger partial charge on any atom is -0.377 e. The number of sulfone groups is 1. The van der Waals surface area contributed by atoms with E-state index in [1.807, 2.05) is 6.92 Å². The first-order valence-electron chi connectivity index (χ1n) is 5.83. The van der Waals surface area contributed by atoms with Crippen molar-refractivity contribution in [1.29, 1.82) is 0 Å². The summed E-state index contributed by atoms with van der Waals surface area (Å²) in [6.45, 7) is 2.12. The second-order valence-electron chi connectivity index (χ2n) is 4.95. The summed E-state index contributed by atoms with van der Waals surface area (Å²) in [6.07, 6.45) is 0.552. The number of anilines is 1. The van der Waals surface area contributed by atoms with Gasteiger partial charge in [0.25, 0.3) is 0 Å². The van der Waals surface area contributed by atoms with E-state index in [0.29, 0.717) is 23.2 Å². The first kappa shape index (κ1) is 14.5. The van der Waals surface area contributed by atoms with Crippen molar-refractivity contribution >= 4 is 27.3 Å². The molecule has 6 nitrogen and oxygen atoms in total. The van der Waals surface area contributed by atoms with Crippen molar-refractivity contribution in [2.45, 2.75) is 25.5 Å². The lowest BCUT2D eigenvalue weighted by Gasteiger charge is -2.24. The standard InChI is InChI=1S/C11H16ClN3O3S/c1-11(3-4-19(16,17)7-11)15-9-5-8(12)13-10(14-9)6-18-2/h5H,3-4,6-7H2,1-2H3,(H,13,14,15). The Hall–Kier alpha value is -0.920. The van der Waals surface area contributed by atoms with Gasteiger partial charge in [0.05, 0.1) is 17.0 Å². The summed E-state index contributed by atoms with van der Waals surface area (Å²) in [5.41, 5.74) is -0.513. The fourth-order valence-corrected chi connectivity index (χ4v) is 4.43. The van der Waals surface area contributed by atoms with Crippen LogP contribution in [0.25, 0.3) is 0 Å². The third-order valence-corrected chi connectivity index (χ3v) is 5.04. The van der Waals surface area contributed by atoms with Gasteiger partial charge in [-0.15, -0.1) is 0 Å². The maximum absolute atomic E-state index is 11.6. The summed E-state index contributed by atoms with van der Waals surface area (Å²) < 4.78 is 28.1. The van der Waals surface area contributed by atoms with Crippen LogP contribution < -0.4 is 5.32 Å². The van der Waals surface area contributed by atoms with Crippen LogP contribution in [-0.4, -0.2) is 42.5 Å².